The lowest BCUT2D eigenvalue weighted by Crippen LogP contribution is -1.93. The van der Waals surface area contributed by atoms with Crippen LogP contribution in [-0.4, -0.2) is 9.97 Å². The van der Waals surface area contributed by atoms with Gasteiger partial charge in [-0.1, -0.05) is 0 Å². The summed E-state index contributed by atoms with van der Waals surface area (Å²) >= 11 is 0. The van der Waals surface area contributed by atoms with Crippen molar-refractivity contribution in [2.75, 3.05) is 0 Å². The zero-order valence-electron chi connectivity index (χ0n) is 8.04. The third-order valence-corrected chi connectivity index (χ3v) is 2.05. The van der Waals surface area contributed by atoms with E-state index in [9.17, 15) is 8.78 Å². The van der Waals surface area contributed by atoms with Crippen molar-refractivity contribution in [1.82, 2.24) is 9.97 Å². The van der Waals surface area contributed by atoms with Crippen molar-refractivity contribution in [1.29, 1.82) is 0 Å². The van der Waals surface area contributed by atoms with Crippen LogP contribution in [0, 0.1) is 18.7 Å². The van der Waals surface area contributed by atoms with Gasteiger partial charge in [0.25, 0.3) is 0 Å². The molecule has 4 heteroatoms. The summed E-state index contributed by atoms with van der Waals surface area (Å²) in [5.41, 5.74) is 1.32. The molecule has 0 radical (unpaired) electrons. The van der Waals surface area contributed by atoms with Crippen molar-refractivity contribution in [2.45, 2.75) is 6.92 Å². The molecule has 0 bridgehead atoms. The van der Waals surface area contributed by atoms with Crippen molar-refractivity contribution >= 4 is 0 Å². The maximum Gasteiger partial charge on any atom is 0.216 e. The molecule has 0 saturated carbocycles. The van der Waals surface area contributed by atoms with Gasteiger partial charge in [-0.15, -0.1) is 0 Å². The van der Waals surface area contributed by atoms with Gasteiger partial charge in [-0.2, -0.15) is 9.37 Å². The monoisotopic (exact) mass is 206 g/mol. The molecule has 0 aliphatic rings. The van der Waals surface area contributed by atoms with Crippen LogP contribution in [0.25, 0.3) is 11.4 Å². The summed E-state index contributed by atoms with van der Waals surface area (Å²) in [4.78, 5) is 7.56. The van der Waals surface area contributed by atoms with Crippen LogP contribution < -0.4 is 0 Å². The Kier molecular flexibility index (Phi) is 2.41. The van der Waals surface area contributed by atoms with E-state index in [4.69, 9.17) is 0 Å². The highest BCUT2D eigenvalue weighted by molar-refractivity contribution is 5.59. The fourth-order valence-corrected chi connectivity index (χ4v) is 1.34. The van der Waals surface area contributed by atoms with Crippen LogP contribution in [0.15, 0.2) is 30.5 Å². The standard InChI is InChI=1S/C11H8F2N2/c1-7-6-8(12)2-3-9(7)11-14-5-4-10(13)15-11/h2-6H,1H3. The van der Waals surface area contributed by atoms with Gasteiger partial charge in [0.1, 0.15) is 5.82 Å². The van der Waals surface area contributed by atoms with Crippen LogP contribution >= 0.6 is 0 Å². The second-order valence-corrected chi connectivity index (χ2v) is 3.16. The summed E-state index contributed by atoms with van der Waals surface area (Å²) < 4.78 is 25.7. The molecule has 2 rings (SSSR count). The Morgan fingerprint density at radius 3 is 2.60 bits per heavy atom. The topological polar surface area (TPSA) is 25.8 Å². The molecule has 76 valence electrons. The number of hydrogen-bond donors (Lipinski definition) is 0. The fourth-order valence-electron chi connectivity index (χ4n) is 1.34. The lowest BCUT2D eigenvalue weighted by Gasteiger charge is -2.03. The van der Waals surface area contributed by atoms with E-state index in [1.54, 1.807) is 13.0 Å². The highest BCUT2D eigenvalue weighted by Gasteiger charge is 2.06. The van der Waals surface area contributed by atoms with Gasteiger partial charge in [0.05, 0.1) is 0 Å². The van der Waals surface area contributed by atoms with Crippen molar-refractivity contribution in [3.63, 3.8) is 0 Å². The van der Waals surface area contributed by atoms with E-state index < -0.39 is 5.95 Å². The maximum absolute atomic E-state index is 12.8. The minimum atomic E-state index is -0.594. The zero-order chi connectivity index (χ0) is 10.8. The molecule has 0 aliphatic carbocycles. The quantitative estimate of drug-likeness (QED) is 0.670. The Bertz CT molecular complexity index is 498. The minimum Gasteiger partial charge on any atom is -0.236 e. The van der Waals surface area contributed by atoms with Gasteiger partial charge in [-0.3, -0.25) is 0 Å². The molecular weight excluding hydrogens is 198 g/mol. The molecule has 0 fully saturated rings. The number of aryl methyl sites for hydroxylation is 1. The molecule has 0 N–H and O–H groups in total. The van der Waals surface area contributed by atoms with Gasteiger partial charge in [-0.25, -0.2) is 9.37 Å². The number of halogens is 2. The van der Waals surface area contributed by atoms with Gasteiger partial charge in [-0.05, 0) is 30.7 Å². The van der Waals surface area contributed by atoms with Crippen LogP contribution in [0.4, 0.5) is 8.78 Å². The lowest BCUT2D eigenvalue weighted by molar-refractivity contribution is 0.581. The van der Waals surface area contributed by atoms with Crippen LogP contribution in [-0.2, 0) is 0 Å². The molecule has 0 aliphatic heterocycles. The third kappa shape index (κ3) is 1.98. The molecule has 0 spiro atoms. The highest BCUT2D eigenvalue weighted by Crippen LogP contribution is 2.20. The Labute approximate surface area is 85.6 Å². The van der Waals surface area contributed by atoms with Gasteiger partial charge in [0.2, 0.25) is 5.95 Å². The van der Waals surface area contributed by atoms with E-state index in [0.29, 0.717) is 11.1 Å². The second kappa shape index (κ2) is 3.73. The predicted octanol–water partition coefficient (Wildman–Crippen LogP) is 2.73. The average Bonchev–Trinajstić information content (AvgIpc) is 2.17. The maximum atomic E-state index is 12.8. The van der Waals surface area contributed by atoms with Gasteiger partial charge >= 0.3 is 0 Å². The Balaban J connectivity index is 2.54. The third-order valence-electron chi connectivity index (χ3n) is 2.05. The first-order valence-electron chi connectivity index (χ1n) is 4.42. The van der Waals surface area contributed by atoms with Crippen LogP contribution in [0.2, 0.25) is 0 Å². The van der Waals surface area contributed by atoms with E-state index in [1.807, 2.05) is 0 Å². The van der Waals surface area contributed by atoms with Crippen LogP contribution in [0.3, 0.4) is 0 Å². The van der Waals surface area contributed by atoms with Crippen molar-refractivity contribution in [3.8, 4) is 11.4 Å². The minimum absolute atomic E-state index is 0.271. The molecule has 1 heterocycles. The molecule has 1 aromatic heterocycles. The number of rotatable bonds is 1. The van der Waals surface area contributed by atoms with E-state index in [0.717, 1.165) is 0 Å². The first-order valence-corrected chi connectivity index (χ1v) is 4.42. The van der Waals surface area contributed by atoms with Crippen molar-refractivity contribution in [3.05, 3.63) is 47.8 Å². The summed E-state index contributed by atoms with van der Waals surface area (Å²) in [6, 6.07) is 5.38. The van der Waals surface area contributed by atoms with E-state index in [1.165, 1.54) is 24.4 Å². The smallest absolute Gasteiger partial charge is 0.216 e. The summed E-state index contributed by atoms with van der Waals surface area (Å²) in [6.07, 6.45) is 1.33. The molecule has 2 nitrogen and oxygen atoms in total. The van der Waals surface area contributed by atoms with Crippen LogP contribution in [0.5, 0.6) is 0 Å². The molecule has 1 aromatic carbocycles. The van der Waals surface area contributed by atoms with Gasteiger partial charge in [0.15, 0.2) is 5.82 Å². The Hall–Kier alpha value is -1.84. The zero-order valence-corrected chi connectivity index (χ0v) is 8.04. The van der Waals surface area contributed by atoms with E-state index >= 15 is 0 Å². The summed E-state index contributed by atoms with van der Waals surface area (Å²) in [6.45, 7) is 1.73. The van der Waals surface area contributed by atoms with Crippen molar-refractivity contribution < 1.29 is 8.78 Å². The number of aromatic nitrogens is 2. The summed E-state index contributed by atoms with van der Waals surface area (Å²) in [5, 5.41) is 0. The molecule has 2 aromatic rings. The molecule has 15 heavy (non-hydrogen) atoms. The number of nitrogens with zero attached hydrogens (tertiary/aromatic N) is 2. The number of benzene rings is 1. The second-order valence-electron chi connectivity index (χ2n) is 3.16. The Morgan fingerprint density at radius 2 is 1.93 bits per heavy atom. The van der Waals surface area contributed by atoms with E-state index in [-0.39, 0.29) is 11.6 Å². The fraction of sp³-hybridized carbons (Fsp3) is 0.0909. The van der Waals surface area contributed by atoms with Crippen molar-refractivity contribution in [2.24, 2.45) is 0 Å². The first kappa shape index (κ1) is 9.71. The summed E-state index contributed by atoms with van der Waals surface area (Å²) in [7, 11) is 0. The molecule has 0 unspecified atom stereocenters. The van der Waals surface area contributed by atoms with E-state index in [2.05, 4.69) is 9.97 Å². The largest absolute Gasteiger partial charge is 0.236 e. The Morgan fingerprint density at radius 1 is 1.13 bits per heavy atom. The average molecular weight is 206 g/mol. The first-order chi connectivity index (χ1) is 7.16. The van der Waals surface area contributed by atoms with Crippen LogP contribution in [0.1, 0.15) is 5.56 Å². The predicted molar refractivity (Wildman–Crippen MR) is 52.1 cm³/mol. The SMILES string of the molecule is Cc1cc(F)ccc1-c1nccc(F)n1. The summed E-state index contributed by atoms with van der Waals surface area (Å²) in [5.74, 6) is -0.649. The van der Waals surface area contributed by atoms with Gasteiger partial charge in [0, 0.05) is 17.8 Å². The molecule has 0 atom stereocenters. The molecule has 0 amide bonds. The normalized spacial score (nSPS) is 10.3. The molecular formula is C11H8F2N2. The molecule has 0 saturated heterocycles. The highest BCUT2D eigenvalue weighted by atomic mass is 19.1. The lowest BCUT2D eigenvalue weighted by atomic mass is 10.1. The van der Waals surface area contributed by atoms with Gasteiger partial charge < -0.3 is 0 Å². The number of hydrogen-bond acceptors (Lipinski definition) is 2.